The smallest absolute Gasteiger partial charge is 0.265 e. The van der Waals surface area contributed by atoms with Crippen molar-refractivity contribution in [3.05, 3.63) is 47.5 Å². The van der Waals surface area contributed by atoms with E-state index in [1.165, 1.54) is 5.56 Å². The summed E-state index contributed by atoms with van der Waals surface area (Å²) in [6.45, 7) is 10.8. The normalized spacial score (nSPS) is 10.4. The number of nitrogen functional groups attached to an aromatic ring is 1. The van der Waals surface area contributed by atoms with Crippen molar-refractivity contribution in [3.8, 4) is 0 Å². The average Bonchev–Trinajstić information content (AvgIpc) is 2.37. The fraction of sp³-hybridized carbons (Fsp3) is 0.357. The van der Waals surface area contributed by atoms with Crippen LogP contribution in [0.15, 0.2) is 36.4 Å². The molecule has 0 aromatic heterocycles. The van der Waals surface area contributed by atoms with E-state index in [1.54, 1.807) is 12.1 Å². The molecule has 1 aromatic carbocycles. The first kappa shape index (κ1) is 14.4. The number of carbonyl (C=O) groups is 1. The maximum atomic E-state index is 11.3. The van der Waals surface area contributed by atoms with Crippen LogP contribution in [-0.2, 0) is 6.54 Å². The maximum Gasteiger partial charge on any atom is 0.265 e. The number of hydrazine groups is 1. The Balaban J connectivity index is 2.67. The van der Waals surface area contributed by atoms with Gasteiger partial charge in [-0.15, -0.1) is 0 Å². The van der Waals surface area contributed by atoms with Crippen LogP contribution in [0.1, 0.15) is 29.8 Å². The van der Waals surface area contributed by atoms with Crippen LogP contribution < -0.4 is 11.3 Å². The van der Waals surface area contributed by atoms with Gasteiger partial charge in [0.15, 0.2) is 0 Å². The van der Waals surface area contributed by atoms with Gasteiger partial charge in [0.1, 0.15) is 0 Å². The molecule has 1 amide bonds. The lowest BCUT2D eigenvalue weighted by molar-refractivity contribution is 0.0953. The summed E-state index contributed by atoms with van der Waals surface area (Å²) >= 11 is 0. The molecule has 0 radical (unpaired) electrons. The molecule has 4 nitrogen and oxygen atoms in total. The van der Waals surface area contributed by atoms with Crippen molar-refractivity contribution >= 4 is 5.91 Å². The Morgan fingerprint density at radius 2 is 2.00 bits per heavy atom. The highest BCUT2D eigenvalue weighted by atomic mass is 16.2. The molecule has 0 atom stereocenters. The third-order valence-electron chi connectivity index (χ3n) is 2.69. The van der Waals surface area contributed by atoms with Crippen LogP contribution in [0.25, 0.3) is 0 Å². The fourth-order valence-corrected chi connectivity index (χ4v) is 1.76. The van der Waals surface area contributed by atoms with Crippen LogP contribution in [0.3, 0.4) is 0 Å². The highest BCUT2D eigenvalue weighted by molar-refractivity contribution is 5.93. The van der Waals surface area contributed by atoms with Crippen LogP contribution >= 0.6 is 0 Å². The van der Waals surface area contributed by atoms with Crippen molar-refractivity contribution < 1.29 is 4.79 Å². The number of carbonyl (C=O) groups excluding carboxylic acids is 1. The summed E-state index contributed by atoms with van der Waals surface area (Å²) in [6.07, 6.45) is 0. The molecule has 0 saturated carbocycles. The quantitative estimate of drug-likeness (QED) is 0.348. The Bertz CT molecular complexity index is 412. The standard InChI is InChI=1S/C14H21N3O/c1-4-17(9-11(2)3)10-12-5-7-13(8-6-12)14(18)16-15/h5-8H,2,4,9-10,15H2,1,3H3,(H,16,18). The Labute approximate surface area is 108 Å². The van der Waals surface area contributed by atoms with E-state index >= 15 is 0 Å². The van der Waals surface area contributed by atoms with Gasteiger partial charge in [-0.2, -0.15) is 0 Å². The number of amides is 1. The van der Waals surface area contributed by atoms with Gasteiger partial charge in [-0.3, -0.25) is 15.1 Å². The zero-order chi connectivity index (χ0) is 13.5. The van der Waals surface area contributed by atoms with Gasteiger partial charge in [0.05, 0.1) is 0 Å². The van der Waals surface area contributed by atoms with E-state index in [1.807, 2.05) is 19.1 Å². The van der Waals surface area contributed by atoms with E-state index in [4.69, 9.17) is 5.84 Å². The summed E-state index contributed by atoms with van der Waals surface area (Å²) in [5, 5.41) is 0. The minimum atomic E-state index is -0.268. The number of nitrogens with zero attached hydrogens (tertiary/aromatic N) is 1. The first-order valence-electron chi connectivity index (χ1n) is 6.03. The van der Waals surface area contributed by atoms with Gasteiger partial charge in [-0.1, -0.05) is 31.2 Å². The van der Waals surface area contributed by atoms with Crippen molar-refractivity contribution in [2.24, 2.45) is 5.84 Å². The molecule has 1 aromatic rings. The lowest BCUT2D eigenvalue weighted by atomic mass is 10.1. The predicted molar refractivity (Wildman–Crippen MR) is 73.9 cm³/mol. The number of nitrogens with two attached hydrogens (primary N) is 1. The van der Waals surface area contributed by atoms with Gasteiger partial charge in [0.25, 0.3) is 5.91 Å². The fourth-order valence-electron chi connectivity index (χ4n) is 1.76. The number of nitrogens with one attached hydrogen (secondary N) is 1. The molecule has 0 spiro atoms. The van der Waals surface area contributed by atoms with Crippen LogP contribution in [-0.4, -0.2) is 23.9 Å². The van der Waals surface area contributed by atoms with E-state index in [2.05, 4.69) is 23.8 Å². The summed E-state index contributed by atoms with van der Waals surface area (Å²) in [5.41, 5.74) is 5.01. The third kappa shape index (κ3) is 4.31. The highest BCUT2D eigenvalue weighted by Gasteiger charge is 2.06. The Morgan fingerprint density at radius 1 is 1.39 bits per heavy atom. The summed E-state index contributed by atoms with van der Waals surface area (Å²) in [5.74, 6) is 4.81. The number of likely N-dealkylation sites (N-methyl/N-ethyl adjacent to an activating group) is 1. The zero-order valence-corrected chi connectivity index (χ0v) is 11.1. The largest absolute Gasteiger partial charge is 0.295 e. The van der Waals surface area contributed by atoms with Gasteiger partial charge in [-0.25, -0.2) is 5.84 Å². The maximum absolute atomic E-state index is 11.3. The van der Waals surface area contributed by atoms with Crippen LogP contribution in [0.2, 0.25) is 0 Å². The molecule has 0 aliphatic carbocycles. The second kappa shape index (κ2) is 6.93. The summed E-state index contributed by atoms with van der Waals surface area (Å²) < 4.78 is 0. The molecule has 0 saturated heterocycles. The van der Waals surface area contributed by atoms with E-state index in [-0.39, 0.29) is 5.91 Å². The van der Waals surface area contributed by atoms with Gasteiger partial charge in [0.2, 0.25) is 0 Å². The predicted octanol–water partition coefficient (Wildman–Crippen LogP) is 1.69. The minimum absolute atomic E-state index is 0.268. The van der Waals surface area contributed by atoms with Crippen molar-refractivity contribution in [1.82, 2.24) is 10.3 Å². The third-order valence-corrected chi connectivity index (χ3v) is 2.69. The molecule has 0 aliphatic heterocycles. The molecular weight excluding hydrogens is 226 g/mol. The lowest BCUT2D eigenvalue weighted by Crippen LogP contribution is -2.30. The molecule has 0 bridgehead atoms. The Morgan fingerprint density at radius 3 is 2.44 bits per heavy atom. The summed E-state index contributed by atoms with van der Waals surface area (Å²) in [4.78, 5) is 13.6. The average molecular weight is 247 g/mol. The SMILES string of the molecule is C=C(C)CN(CC)Cc1ccc(C(=O)NN)cc1. The van der Waals surface area contributed by atoms with Crippen LogP contribution in [0.5, 0.6) is 0 Å². The molecule has 0 fully saturated rings. The zero-order valence-electron chi connectivity index (χ0n) is 11.1. The monoisotopic (exact) mass is 247 g/mol. The van der Waals surface area contributed by atoms with Gasteiger partial charge in [0, 0.05) is 18.7 Å². The molecule has 98 valence electrons. The van der Waals surface area contributed by atoms with Crippen LogP contribution in [0.4, 0.5) is 0 Å². The molecule has 3 N–H and O–H groups in total. The van der Waals surface area contributed by atoms with Crippen molar-refractivity contribution in [3.63, 3.8) is 0 Å². The topological polar surface area (TPSA) is 58.4 Å². The highest BCUT2D eigenvalue weighted by Crippen LogP contribution is 2.08. The van der Waals surface area contributed by atoms with Gasteiger partial charge in [-0.05, 0) is 31.2 Å². The molecule has 4 heteroatoms. The minimum Gasteiger partial charge on any atom is -0.295 e. The van der Waals surface area contributed by atoms with E-state index in [9.17, 15) is 4.79 Å². The second-order valence-electron chi connectivity index (χ2n) is 4.43. The summed E-state index contributed by atoms with van der Waals surface area (Å²) in [6, 6.07) is 7.47. The van der Waals surface area contributed by atoms with Crippen LogP contribution in [0, 0.1) is 0 Å². The molecule has 0 heterocycles. The number of benzene rings is 1. The number of rotatable bonds is 6. The van der Waals surface area contributed by atoms with E-state index < -0.39 is 0 Å². The van der Waals surface area contributed by atoms with E-state index in [0.29, 0.717) is 5.56 Å². The first-order valence-corrected chi connectivity index (χ1v) is 6.03. The lowest BCUT2D eigenvalue weighted by Gasteiger charge is -2.20. The number of hydrogen-bond donors (Lipinski definition) is 2. The molecule has 18 heavy (non-hydrogen) atoms. The first-order chi connectivity index (χ1) is 8.56. The van der Waals surface area contributed by atoms with Crippen molar-refractivity contribution in [2.45, 2.75) is 20.4 Å². The Kier molecular flexibility index (Phi) is 5.55. The summed E-state index contributed by atoms with van der Waals surface area (Å²) in [7, 11) is 0. The molecule has 1 rings (SSSR count). The van der Waals surface area contributed by atoms with Gasteiger partial charge >= 0.3 is 0 Å². The van der Waals surface area contributed by atoms with Crippen molar-refractivity contribution in [1.29, 1.82) is 0 Å². The molecule has 0 aliphatic rings. The van der Waals surface area contributed by atoms with Crippen molar-refractivity contribution in [2.75, 3.05) is 13.1 Å². The number of hydrogen-bond acceptors (Lipinski definition) is 3. The van der Waals surface area contributed by atoms with Gasteiger partial charge < -0.3 is 0 Å². The Hall–Kier alpha value is -1.65. The molecule has 0 unspecified atom stereocenters. The molecular formula is C14H21N3O. The van der Waals surface area contributed by atoms with E-state index in [0.717, 1.165) is 25.2 Å². The second-order valence-corrected chi connectivity index (χ2v) is 4.43.